The molecule has 2 heteroatoms. The fourth-order valence-corrected chi connectivity index (χ4v) is 8.75. The van der Waals surface area contributed by atoms with E-state index in [1.807, 2.05) is 0 Å². The van der Waals surface area contributed by atoms with E-state index in [-0.39, 0.29) is 0 Å². The highest BCUT2D eigenvalue weighted by Gasteiger charge is 2.59. The van der Waals surface area contributed by atoms with Gasteiger partial charge in [-0.15, -0.1) is 0 Å². The van der Waals surface area contributed by atoms with Crippen LogP contribution in [-0.4, -0.2) is 10.9 Å². The summed E-state index contributed by atoms with van der Waals surface area (Å²) in [7, 11) is 0. The van der Waals surface area contributed by atoms with Crippen molar-refractivity contribution in [3.05, 3.63) is 12.2 Å². The first-order valence-corrected chi connectivity index (χ1v) is 12.7. The van der Waals surface area contributed by atoms with Gasteiger partial charge in [-0.05, 0) is 103 Å². The van der Waals surface area contributed by atoms with Gasteiger partial charge in [0.05, 0.1) is 5.71 Å². The van der Waals surface area contributed by atoms with E-state index in [1.54, 1.807) is 0 Å². The molecular formula is C27H45NO. The zero-order chi connectivity index (χ0) is 20.8. The molecule has 0 aromatic rings. The van der Waals surface area contributed by atoms with E-state index in [0.717, 1.165) is 47.6 Å². The van der Waals surface area contributed by atoms with Gasteiger partial charge in [-0.25, -0.2) is 0 Å². The van der Waals surface area contributed by atoms with Crippen LogP contribution in [0.1, 0.15) is 98.8 Å². The third-order valence-corrected chi connectivity index (χ3v) is 10.4. The Hall–Kier alpha value is -0.790. The average molecular weight is 400 g/mol. The Bertz CT molecular complexity index is 651. The van der Waals surface area contributed by atoms with Gasteiger partial charge in [0.15, 0.2) is 0 Å². The molecule has 29 heavy (non-hydrogen) atoms. The molecule has 2 nitrogen and oxygen atoms in total. The summed E-state index contributed by atoms with van der Waals surface area (Å²) in [6, 6.07) is 0. The number of allylic oxidation sites excluding steroid dienone is 2. The molecule has 0 radical (unpaired) electrons. The number of nitrogens with zero attached hydrogens (tertiary/aromatic N) is 1. The van der Waals surface area contributed by atoms with Crippen LogP contribution in [0.4, 0.5) is 0 Å². The topological polar surface area (TPSA) is 32.6 Å². The maximum Gasteiger partial charge on any atom is 0.0795 e. The predicted octanol–water partition coefficient (Wildman–Crippen LogP) is 7.71. The molecular weight excluding hydrogens is 354 g/mol. The summed E-state index contributed by atoms with van der Waals surface area (Å²) in [5.41, 5.74) is 1.79. The molecule has 0 aromatic heterocycles. The largest absolute Gasteiger partial charge is 0.411 e. The maximum atomic E-state index is 9.26. The smallest absolute Gasteiger partial charge is 0.0795 e. The van der Waals surface area contributed by atoms with Crippen molar-refractivity contribution < 1.29 is 5.21 Å². The molecule has 0 spiro atoms. The number of rotatable bonds is 5. The van der Waals surface area contributed by atoms with Crippen LogP contribution in [0.15, 0.2) is 17.3 Å². The fraction of sp³-hybridized carbons (Fsp3) is 0.889. The summed E-state index contributed by atoms with van der Waals surface area (Å²) < 4.78 is 0. The lowest BCUT2D eigenvalue weighted by molar-refractivity contribution is -0.0809. The Morgan fingerprint density at radius 1 is 1.03 bits per heavy atom. The van der Waals surface area contributed by atoms with Crippen molar-refractivity contribution in [2.75, 3.05) is 0 Å². The predicted molar refractivity (Wildman–Crippen MR) is 122 cm³/mol. The van der Waals surface area contributed by atoms with Gasteiger partial charge in [0.25, 0.3) is 0 Å². The second-order valence-electron chi connectivity index (χ2n) is 12.2. The van der Waals surface area contributed by atoms with Crippen LogP contribution in [0.25, 0.3) is 0 Å². The molecule has 4 aliphatic carbocycles. The quantitative estimate of drug-likeness (QED) is 0.372. The number of oxime groups is 1. The molecule has 3 fully saturated rings. The van der Waals surface area contributed by atoms with E-state index >= 15 is 0 Å². The Morgan fingerprint density at radius 2 is 1.83 bits per heavy atom. The number of fused-ring (bicyclic) bond motifs is 5. The van der Waals surface area contributed by atoms with E-state index in [4.69, 9.17) is 0 Å². The Balaban J connectivity index is 1.49. The fourth-order valence-electron chi connectivity index (χ4n) is 8.75. The summed E-state index contributed by atoms with van der Waals surface area (Å²) in [6.45, 7) is 12.5. The van der Waals surface area contributed by atoms with Crippen LogP contribution >= 0.6 is 0 Å². The third-order valence-electron chi connectivity index (χ3n) is 10.4. The van der Waals surface area contributed by atoms with Gasteiger partial charge in [-0.2, -0.15) is 0 Å². The van der Waals surface area contributed by atoms with Crippen LogP contribution in [-0.2, 0) is 0 Å². The summed E-state index contributed by atoms with van der Waals surface area (Å²) >= 11 is 0. The van der Waals surface area contributed by atoms with Crippen molar-refractivity contribution in [1.82, 2.24) is 0 Å². The Kier molecular flexibility index (Phi) is 5.95. The van der Waals surface area contributed by atoms with Gasteiger partial charge in [0.1, 0.15) is 0 Å². The highest BCUT2D eigenvalue weighted by atomic mass is 16.4. The van der Waals surface area contributed by atoms with Crippen molar-refractivity contribution in [3.8, 4) is 0 Å². The lowest BCUT2D eigenvalue weighted by Crippen LogP contribution is -2.52. The zero-order valence-electron chi connectivity index (χ0n) is 19.7. The van der Waals surface area contributed by atoms with Crippen LogP contribution < -0.4 is 0 Å². The van der Waals surface area contributed by atoms with Crippen LogP contribution in [0.5, 0.6) is 0 Å². The molecule has 4 aliphatic rings. The highest BCUT2D eigenvalue weighted by Crippen LogP contribution is 2.67. The van der Waals surface area contributed by atoms with E-state index in [2.05, 4.69) is 51.9 Å². The van der Waals surface area contributed by atoms with E-state index < -0.39 is 0 Å². The molecule has 0 bridgehead atoms. The molecule has 0 aliphatic heterocycles. The summed E-state index contributed by atoms with van der Waals surface area (Å²) in [4.78, 5) is 0. The van der Waals surface area contributed by atoms with Crippen molar-refractivity contribution in [1.29, 1.82) is 0 Å². The SMILES string of the molecule is CC(C)CCC[C@@H](C)[C@H]1CC[C@H]2[C@@H]3CC[C@@H]4C/C(=N\O)C=C[C@]4(C)[C@H]3CC[C@]12C. The lowest BCUT2D eigenvalue weighted by Gasteiger charge is -2.59. The third kappa shape index (κ3) is 3.61. The van der Waals surface area contributed by atoms with Gasteiger partial charge in [-0.1, -0.05) is 65.1 Å². The van der Waals surface area contributed by atoms with Crippen molar-refractivity contribution in [2.45, 2.75) is 98.8 Å². The van der Waals surface area contributed by atoms with Crippen LogP contribution in [0.3, 0.4) is 0 Å². The summed E-state index contributed by atoms with van der Waals surface area (Å²) in [5, 5.41) is 12.8. The minimum Gasteiger partial charge on any atom is -0.411 e. The number of hydrogen-bond acceptors (Lipinski definition) is 2. The van der Waals surface area contributed by atoms with Gasteiger partial charge >= 0.3 is 0 Å². The van der Waals surface area contributed by atoms with E-state index in [1.165, 1.54) is 57.8 Å². The van der Waals surface area contributed by atoms with E-state index in [9.17, 15) is 5.21 Å². The minimum absolute atomic E-state index is 0.319. The zero-order valence-corrected chi connectivity index (χ0v) is 19.7. The number of hydrogen-bond donors (Lipinski definition) is 1. The first-order valence-electron chi connectivity index (χ1n) is 12.7. The molecule has 0 heterocycles. The van der Waals surface area contributed by atoms with E-state index in [0.29, 0.717) is 16.7 Å². The summed E-state index contributed by atoms with van der Waals surface area (Å²) in [6.07, 6.45) is 18.3. The van der Waals surface area contributed by atoms with Crippen LogP contribution in [0, 0.1) is 52.3 Å². The normalized spacial score (nSPS) is 46.4. The average Bonchev–Trinajstić information content (AvgIpc) is 3.04. The molecule has 1 N–H and O–H groups in total. The second-order valence-corrected chi connectivity index (χ2v) is 12.2. The molecule has 4 rings (SSSR count). The van der Waals surface area contributed by atoms with Gasteiger partial charge < -0.3 is 5.21 Å². The van der Waals surface area contributed by atoms with Crippen LogP contribution in [0.2, 0.25) is 0 Å². The second kappa shape index (κ2) is 8.04. The molecule has 0 unspecified atom stereocenters. The molecule has 3 saturated carbocycles. The summed E-state index contributed by atoms with van der Waals surface area (Å²) in [5.74, 6) is 6.06. The molecule has 0 amide bonds. The lowest BCUT2D eigenvalue weighted by atomic mass is 9.45. The molecule has 0 saturated heterocycles. The molecule has 164 valence electrons. The standard InChI is InChI=1S/C27H45NO/c1-18(2)7-6-8-19(3)23-11-12-24-22-10-9-20-17-21(28-29)13-15-26(20,4)25(22)14-16-27(23,24)5/h13,15,18-20,22-25,29H,6-12,14,16-17H2,1-5H3/b28-21-/t19-,20-,22+,23-,24+,25+,26+,27-/m1/s1. The minimum atomic E-state index is 0.319. The molecule has 0 aromatic carbocycles. The maximum absolute atomic E-state index is 9.26. The van der Waals surface area contributed by atoms with Crippen molar-refractivity contribution in [2.24, 2.45) is 57.4 Å². The van der Waals surface area contributed by atoms with Gasteiger partial charge in [0, 0.05) is 0 Å². The highest BCUT2D eigenvalue weighted by molar-refractivity contribution is 5.95. The Morgan fingerprint density at radius 3 is 2.55 bits per heavy atom. The van der Waals surface area contributed by atoms with Crippen molar-refractivity contribution >= 4 is 5.71 Å². The monoisotopic (exact) mass is 399 g/mol. The van der Waals surface area contributed by atoms with Gasteiger partial charge in [-0.3, -0.25) is 0 Å². The Labute approximate surface area is 179 Å². The van der Waals surface area contributed by atoms with Gasteiger partial charge in [0.2, 0.25) is 0 Å². The first-order chi connectivity index (χ1) is 13.8. The van der Waals surface area contributed by atoms with Crippen molar-refractivity contribution in [3.63, 3.8) is 0 Å². The first kappa shape index (κ1) is 21.4. The molecule has 8 atom stereocenters.